The first kappa shape index (κ1) is 11.9. The Bertz CT molecular complexity index is 446. The largest absolute Gasteiger partial charge is 0.492 e. The van der Waals surface area contributed by atoms with Crippen LogP contribution in [0.25, 0.3) is 0 Å². The monoisotopic (exact) mass is 252 g/mol. The molecule has 17 heavy (non-hydrogen) atoms. The molecule has 1 aromatic carbocycles. The van der Waals surface area contributed by atoms with Crippen molar-refractivity contribution in [1.82, 2.24) is 5.43 Å². The third-order valence-corrected chi connectivity index (χ3v) is 2.59. The van der Waals surface area contributed by atoms with E-state index in [1.807, 2.05) is 24.3 Å². The van der Waals surface area contributed by atoms with Crippen LogP contribution < -0.4 is 10.2 Å². The lowest BCUT2D eigenvalue weighted by Gasteiger charge is -2.15. The standard InChI is InChI=1S/C12H13ClN2O2/c13-7-8-17-11-4-2-1-3-9(11)10-5-6-12(16)15-14-10/h1-4H,5-8H2,(H,15,16). The number of carbonyl (C=O) groups excluding carboxylic acids is 1. The lowest BCUT2D eigenvalue weighted by atomic mass is 10.0. The average Bonchev–Trinajstić information content (AvgIpc) is 2.38. The highest BCUT2D eigenvalue weighted by Gasteiger charge is 2.16. The van der Waals surface area contributed by atoms with E-state index in [1.54, 1.807) is 0 Å². The van der Waals surface area contributed by atoms with Gasteiger partial charge in [-0.1, -0.05) is 12.1 Å². The van der Waals surface area contributed by atoms with Crippen molar-refractivity contribution in [3.63, 3.8) is 0 Å². The molecule has 1 aliphatic rings. The number of hydrazone groups is 1. The van der Waals surface area contributed by atoms with Crippen molar-refractivity contribution in [2.24, 2.45) is 5.10 Å². The van der Waals surface area contributed by atoms with Crippen molar-refractivity contribution in [3.8, 4) is 5.75 Å². The van der Waals surface area contributed by atoms with Gasteiger partial charge >= 0.3 is 0 Å². The molecule has 5 heteroatoms. The summed E-state index contributed by atoms with van der Waals surface area (Å²) in [5.41, 5.74) is 4.24. The normalized spacial score (nSPS) is 15.1. The van der Waals surface area contributed by atoms with Gasteiger partial charge in [-0.3, -0.25) is 4.79 Å². The summed E-state index contributed by atoms with van der Waals surface area (Å²) in [7, 11) is 0. The highest BCUT2D eigenvalue weighted by molar-refractivity contribution is 6.18. The van der Waals surface area contributed by atoms with E-state index in [1.165, 1.54) is 0 Å². The molecule has 1 aliphatic heterocycles. The van der Waals surface area contributed by atoms with Crippen molar-refractivity contribution < 1.29 is 9.53 Å². The van der Waals surface area contributed by atoms with Crippen LogP contribution >= 0.6 is 11.6 Å². The predicted octanol–water partition coefficient (Wildman–Crippen LogP) is 1.92. The number of ether oxygens (including phenoxy) is 1. The van der Waals surface area contributed by atoms with Crippen molar-refractivity contribution >= 4 is 23.2 Å². The molecule has 1 aromatic rings. The van der Waals surface area contributed by atoms with E-state index in [0.717, 1.165) is 17.0 Å². The molecule has 1 N–H and O–H groups in total. The van der Waals surface area contributed by atoms with Gasteiger partial charge in [-0.05, 0) is 12.1 Å². The molecule has 1 heterocycles. The van der Waals surface area contributed by atoms with Gasteiger partial charge in [0.15, 0.2) is 0 Å². The highest BCUT2D eigenvalue weighted by Crippen LogP contribution is 2.21. The molecular formula is C12H13ClN2O2. The molecule has 90 valence electrons. The van der Waals surface area contributed by atoms with Crippen LogP contribution in [0.2, 0.25) is 0 Å². The molecule has 0 radical (unpaired) electrons. The number of hydrogen-bond acceptors (Lipinski definition) is 3. The number of hydrogen-bond donors (Lipinski definition) is 1. The Kier molecular flexibility index (Phi) is 3.98. The third kappa shape index (κ3) is 2.97. The predicted molar refractivity (Wildman–Crippen MR) is 66.6 cm³/mol. The molecule has 0 spiro atoms. The summed E-state index contributed by atoms with van der Waals surface area (Å²) >= 11 is 5.60. The summed E-state index contributed by atoms with van der Waals surface area (Å²) in [6, 6.07) is 7.62. The van der Waals surface area contributed by atoms with Gasteiger partial charge in [0.1, 0.15) is 12.4 Å². The lowest BCUT2D eigenvalue weighted by molar-refractivity contribution is -0.121. The molecule has 2 rings (SSSR count). The number of para-hydroxylation sites is 1. The van der Waals surface area contributed by atoms with E-state index < -0.39 is 0 Å². The minimum Gasteiger partial charge on any atom is -0.492 e. The van der Waals surface area contributed by atoms with Crippen LogP contribution in [0.15, 0.2) is 29.4 Å². The van der Waals surface area contributed by atoms with Crippen LogP contribution in [0.1, 0.15) is 18.4 Å². The molecular weight excluding hydrogens is 240 g/mol. The third-order valence-electron chi connectivity index (χ3n) is 2.44. The summed E-state index contributed by atoms with van der Waals surface area (Å²) in [5, 5.41) is 4.05. The first-order chi connectivity index (χ1) is 8.31. The molecule has 0 atom stereocenters. The Morgan fingerprint density at radius 2 is 2.18 bits per heavy atom. The van der Waals surface area contributed by atoms with Crippen LogP contribution in [0.3, 0.4) is 0 Å². The number of benzene rings is 1. The quantitative estimate of drug-likeness (QED) is 0.833. The maximum Gasteiger partial charge on any atom is 0.240 e. The van der Waals surface area contributed by atoms with Gasteiger partial charge in [-0.25, -0.2) is 5.43 Å². The van der Waals surface area contributed by atoms with Gasteiger partial charge in [-0.15, -0.1) is 11.6 Å². The molecule has 0 fully saturated rings. The number of amides is 1. The fourth-order valence-corrected chi connectivity index (χ4v) is 1.73. The van der Waals surface area contributed by atoms with Gasteiger partial charge in [0.05, 0.1) is 11.6 Å². The summed E-state index contributed by atoms with van der Waals surface area (Å²) in [5.74, 6) is 1.15. The van der Waals surface area contributed by atoms with Crippen LogP contribution in [-0.4, -0.2) is 24.1 Å². The minimum absolute atomic E-state index is 0.0482. The molecule has 1 amide bonds. The second-order valence-electron chi connectivity index (χ2n) is 3.63. The van der Waals surface area contributed by atoms with Crippen LogP contribution in [0, 0.1) is 0 Å². The molecule has 0 saturated heterocycles. The second-order valence-corrected chi connectivity index (χ2v) is 4.01. The van der Waals surface area contributed by atoms with E-state index >= 15 is 0 Å². The zero-order valence-electron chi connectivity index (χ0n) is 9.28. The Morgan fingerprint density at radius 3 is 2.88 bits per heavy atom. The van der Waals surface area contributed by atoms with Crippen LogP contribution in [0.4, 0.5) is 0 Å². The number of halogens is 1. The first-order valence-corrected chi connectivity index (χ1v) is 5.98. The molecule has 0 unspecified atom stereocenters. The van der Waals surface area contributed by atoms with Crippen LogP contribution in [0.5, 0.6) is 5.75 Å². The summed E-state index contributed by atoms with van der Waals surface area (Å²) in [6.45, 7) is 0.457. The SMILES string of the molecule is O=C1CCC(c2ccccc2OCCCl)=NN1. The van der Waals surface area contributed by atoms with Gasteiger partial charge in [0.25, 0.3) is 0 Å². The van der Waals surface area contributed by atoms with Gasteiger partial charge in [0.2, 0.25) is 5.91 Å². The Labute approximate surface area is 105 Å². The fourth-order valence-electron chi connectivity index (χ4n) is 1.65. The van der Waals surface area contributed by atoms with Crippen molar-refractivity contribution in [1.29, 1.82) is 0 Å². The number of carbonyl (C=O) groups is 1. The van der Waals surface area contributed by atoms with Crippen LogP contribution in [-0.2, 0) is 4.79 Å². The number of rotatable bonds is 4. The van der Waals surface area contributed by atoms with Crippen molar-refractivity contribution in [3.05, 3.63) is 29.8 Å². The fraction of sp³-hybridized carbons (Fsp3) is 0.333. The first-order valence-electron chi connectivity index (χ1n) is 5.45. The Hall–Kier alpha value is -1.55. The zero-order valence-corrected chi connectivity index (χ0v) is 10.0. The number of alkyl halides is 1. The number of nitrogens with zero attached hydrogens (tertiary/aromatic N) is 1. The topological polar surface area (TPSA) is 50.7 Å². The highest BCUT2D eigenvalue weighted by atomic mass is 35.5. The lowest BCUT2D eigenvalue weighted by Crippen LogP contribution is -2.26. The smallest absolute Gasteiger partial charge is 0.240 e. The van der Waals surface area contributed by atoms with E-state index in [0.29, 0.717) is 25.3 Å². The summed E-state index contributed by atoms with van der Waals surface area (Å²) in [4.78, 5) is 11.0. The zero-order chi connectivity index (χ0) is 12.1. The minimum atomic E-state index is -0.0482. The van der Waals surface area contributed by atoms with Gasteiger partial charge in [0, 0.05) is 18.4 Å². The Morgan fingerprint density at radius 1 is 1.35 bits per heavy atom. The average molecular weight is 253 g/mol. The van der Waals surface area contributed by atoms with E-state index in [-0.39, 0.29) is 5.91 Å². The van der Waals surface area contributed by atoms with Crippen molar-refractivity contribution in [2.75, 3.05) is 12.5 Å². The van der Waals surface area contributed by atoms with Gasteiger partial charge < -0.3 is 4.74 Å². The second kappa shape index (κ2) is 5.68. The maximum atomic E-state index is 11.0. The maximum absolute atomic E-state index is 11.0. The van der Waals surface area contributed by atoms with E-state index in [2.05, 4.69) is 10.5 Å². The molecule has 0 aliphatic carbocycles. The van der Waals surface area contributed by atoms with Crippen molar-refractivity contribution in [2.45, 2.75) is 12.8 Å². The summed E-state index contributed by atoms with van der Waals surface area (Å²) < 4.78 is 5.54. The van der Waals surface area contributed by atoms with E-state index in [9.17, 15) is 4.79 Å². The number of nitrogens with one attached hydrogen (secondary N) is 1. The molecule has 0 saturated carbocycles. The van der Waals surface area contributed by atoms with E-state index in [4.69, 9.17) is 16.3 Å². The van der Waals surface area contributed by atoms with Gasteiger partial charge in [-0.2, -0.15) is 5.10 Å². The Balaban J connectivity index is 2.22. The molecule has 0 aromatic heterocycles. The molecule has 0 bridgehead atoms. The summed E-state index contributed by atoms with van der Waals surface area (Å²) in [6.07, 6.45) is 1.09. The molecule has 4 nitrogen and oxygen atoms in total.